The van der Waals surface area contributed by atoms with Gasteiger partial charge in [0.2, 0.25) is 5.95 Å². The number of hydrogen-bond donors (Lipinski definition) is 2. The van der Waals surface area contributed by atoms with Gasteiger partial charge in [0, 0.05) is 72.3 Å². The molecule has 0 spiro atoms. The van der Waals surface area contributed by atoms with E-state index in [4.69, 9.17) is 22.3 Å². The molecule has 1 saturated carbocycles. The van der Waals surface area contributed by atoms with E-state index in [1.807, 2.05) is 31.2 Å². The molecule has 0 radical (unpaired) electrons. The van der Waals surface area contributed by atoms with Crippen molar-refractivity contribution in [3.05, 3.63) is 65.7 Å². The molecule has 2 aliphatic rings. The van der Waals surface area contributed by atoms with Gasteiger partial charge in [-0.1, -0.05) is 23.7 Å². The van der Waals surface area contributed by atoms with Crippen molar-refractivity contribution >= 4 is 51.0 Å². The summed E-state index contributed by atoms with van der Waals surface area (Å²) in [7, 11) is 2.22. The first-order valence-electron chi connectivity index (χ1n) is 14.8. The number of nitrogens with zero attached hydrogens (tertiary/aromatic N) is 7. The molecule has 5 aromatic rings. The highest BCUT2D eigenvalue weighted by atomic mass is 35.5. The number of piperazine rings is 1. The lowest BCUT2D eigenvalue weighted by atomic mass is 9.89. The number of fused-ring (bicyclic) bond motifs is 2. The molecule has 3 aromatic heterocycles. The number of aromatic nitrogens is 5. The Balaban J connectivity index is 1.12. The molecule has 216 valence electrons. The molecule has 4 heterocycles. The Bertz CT molecular complexity index is 1730. The maximum atomic E-state index is 6.45. The van der Waals surface area contributed by atoms with Crippen LogP contribution in [0.1, 0.15) is 37.3 Å². The third kappa shape index (κ3) is 5.17. The van der Waals surface area contributed by atoms with Crippen LogP contribution in [-0.4, -0.2) is 73.6 Å². The Hall–Kier alpha value is -3.79. The summed E-state index contributed by atoms with van der Waals surface area (Å²) in [6.45, 7) is 6.67. The van der Waals surface area contributed by atoms with Crippen LogP contribution in [0.25, 0.3) is 33.1 Å². The van der Waals surface area contributed by atoms with E-state index in [1.165, 1.54) is 39.0 Å². The van der Waals surface area contributed by atoms with Crippen molar-refractivity contribution < 1.29 is 0 Å². The van der Waals surface area contributed by atoms with Crippen LogP contribution in [0.4, 0.5) is 17.5 Å². The number of hydrogen-bond acceptors (Lipinski definition) is 8. The second-order valence-electron chi connectivity index (χ2n) is 11.8. The molecule has 1 aliphatic carbocycles. The van der Waals surface area contributed by atoms with E-state index in [-0.39, 0.29) is 0 Å². The predicted molar refractivity (Wildman–Crippen MR) is 170 cm³/mol. The zero-order valence-corrected chi connectivity index (χ0v) is 24.8. The third-order valence-electron chi connectivity index (χ3n) is 9.06. The van der Waals surface area contributed by atoms with Gasteiger partial charge in [-0.05, 0) is 75.0 Å². The highest BCUT2D eigenvalue weighted by Crippen LogP contribution is 2.39. The number of benzene rings is 2. The van der Waals surface area contributed by atoms with E-state index in [9.17, 15) is 0 Å². The second kappa shape index (κ2) is 11.1. The fourth-order valence-electron chi connectivity index (χ4n) is 6.57. The number of nitrogen functional groups attached to an aromatic ring is 1. The standard InChI is InChI=1S/C32H36ClN9/c1-20-15-28-22(16-27(20)33)17-35-32(39-28)38-23-5-3-21(4-6-23)26-18-42(31-29(26)30(34)36-19-37-31)25-9-7-24(8-10-25)41-13-11-40(2)12-14-41/h3-6,15-19,24-25H,7-14H2,1-2H3,(H2,34,36,37)(H,35,38,39)/t24-,25-. The molecule has 0 atom stereocenters. The minimum absolute atomic E-state index is 0.406. The molecule has 1 aliphatic heterocycles. The average Bonchev–Trinajstić information content (AvgIpc) is 3.40. The van der Waals surface area contributed by atoms with E-state index in [1.54, 1.807) is 12.5 Å². The van der Waals surface area contributed by atoms with Crippen molar-refractivity contribution in [1.29, 1.82) is 0 Å². The Kier molecular flexibility index (Phi) is 7.17. The average molecular weight is 582 g/mol. The molecule has 0 bridgehead atoms. The maximum Gasteiger partial charge on any atom is 0.227 e. The molecule has 0 unspecified atom stereocenters. The van der Waals surface area contributed by atoms with E-state index < -0.39 is 0 Å². The highest BCUT2D eigenvalue weighted by molar-refractivity contribution is 6.32. The van der Waals surface area contributed by atoms with Gasteiger partial charge in [0.1, 0.15) is 17.8 Å². The summed E-state index contributed by atoms with van der Waals surface area (Å²) in [5.74, 6) is 1.06. The normalized spacial score (nSPS) is 20.4. The first-order chi connectivity index (χ1) is 20.4. The number of likely N-dealkylation sites (N-methyl/N-ethyl adjacent to an activating group) is 1. The van der Waals surface area contributed by atoms with Crippen molar-refractivity contribution in [2.24, 2.45) is 0 Å². The molecule has 42 heavy (non-hydrogen) atoms. The van der Waals surface area contributed by atoms with E-state index >= 15 is 0 Å². The smallest absolute Gasteiger partial charge is 0.227 e. The quantitative estimate of drug-likeness (QED) is 0.258. The summed E-state index contributed by atoms with van der Waals surface area (Å²) in [6.07, 6.45) is 10.3. The van der Waals surface area contributed by atoms with Crippen LogP contribution in [0, 0.1) is 6.92 Å². The number of rotatable bonds is 5. The molecule has 9 nitrogen and oxygen atoms in total. The van der Waals surface area contributed by atoms with Crippen LogP contribution < -0.4 is 11.1 Å². The minimum atomic E-state index is 0.406. The first kappa shape index (κ1) is 27.1. The summed E-state index contributed by atoms with van der Waals surface area (Å²) < 4.78 is 2.35. The number of nitrogens with one attached hydrogen (secondary N) is 1. The minimum Gasteiger partial charge on any atom is -0.383 e. The number of aryl methyl sites for hydroxylation is 1. The van der Waals surface area contributed by atoms with E-state index in [0.717, 1.165) is 57.2 Å². The van der Waals surface area contributed by atoms with Crippen LogP contribution in [0.5, 0.6) is 0 Å². The van der Waals surface area contributed by atoms with Crippen molar-refractivity contribution in [3.63, 3.8) is 0 Å². The summed E-state index contributed by atoms with van der Waals surface area (Å²) >= 11 is 6.26. The second-order valence-corrected chi connectivity index (χ2v) is 12.2. The molecular formula is C32H36ClN9. The van der Waals surface area contributed by atoms with Gasteiger partial charge in [-0.3, -0.25) is 4.90 Å². The zero-order valence-electron chi connectivity index (χ0n) is 24.1. The van der Waals surface area contributed by atoms with Gasteiger partial charge in [0.15, 0.2) is 0 Å². The molecule has 2 aromatic carbocycles. The van der Waals surface area contributed by atoms with Gasteiger partial charge < -0.3 is 20.5 Å². The summed E-state index contributed by atoms with van der Waals surface area (Å²) in [6, 6.07) is 13.3. The van der Waals surface area contributed by atoms with Crippen molar-refractivity contribution in [3.8, 4) is 11.1 Å². The molecule has 0 amide bonds. The fourth-order valence-corrected chi connectivity index (χ4v) is 6.74. The monoisotopic (exact) mass is 581 g/mol. The van der Waals surface area contributed by atoms with Gasteiger partial charge in [-0.2, -0.15) is 0 Å². The topological polar surface area (TPSA) is 101 Å². The maximum absolute atomic E-state index is 6.45. The molecule has 2 fully saturated rings. The molecule has 10 heteroatoms. The fraction of sp³-hybridized carbons (Fsp3) is 0.375. The summed E-state index contributed by atoms with van der Waals surface area (Å²) in [5, 5.41) is 5.88. The lowest BCUT2D eigenvalue weighted by Crippen LogP contribution is -2.49. The Morgan fingerprint density at radius 2 is 1.67 bits per heavy atom. The van der Waals surface area contributed by atoms with Crippen LogP contribution in [0.15, 0.2) is 55.1 Å². The van der Waals surface area contributed by atoms with Crippen molar-refractivity contribution in [2.45, 2.75) is 44.7 Å². The molecule has 3 N–H and O–H groups in total. The third-order valence-corrected chi connectivity index (χ3v) is 9.47. The number of nitrogens with two attached hydrogens (primary N) is 1. The number of anilines is 3. The number of halogens is 1. The molecule has 7 rings (SSSR count). The Morgan fingerprint density at radius 1 is 0.929 bits per heavy atom. The van der Waals surface area contributed by atoms with Gasteiger partial charge >= 0.3 is 0 Å². The zero-order chi connectivity index (χ0) is 28.8. The summed E-state index contributed by atoms with van der Waals surface area (Å²) in [4.78, 5) is 23.3. The SMILES string of the molecule is Cc1cc2nc(Nc3ccc(-c4cn([C@H]5CC[C@H](N6CCN(C)CC6)CC5)c5ncnc(N)c45)cc3)ncc2cc1Cl. The highest BCUT2D eigenvalue weighted by Gasteiger charge is 2.30. The Morgan fingerprint density at radius 3 is 2.43 bits per heavy atom. The van der Waals surface area contributed by atoms with Crippen LogP contribution in [-0.2, 0) is 0 Å². The Labute approximate surface area is 250 Å². The predicted octanol–water partition coefficient (Wildman–Crippen LogP) is 6.06. The lowest BCUT2D eigenvalue weighted by Gasteiger charge is -2.41. The van der Waals surface area contributed by atoms with Crippen LogP contribution in [0.3, 0.4) is 0 Å². The van der Waals surface area contributed by atoms with Gasteiger partial charge in [-0.25, -0.2) is 19.9 Å². The van der Waals surface area contributed by atoms with Gasteiger partial charge in [0.05, 0.1) is 10.9 Å². The first-order valence-corrected chi connectivity index (χ1v) is 15.1. The van der Waals surface area contributed by atoms with Crippen LogP contribution in [0.2, 0.25) is 5.02 Å². The largest absolute Gasteiger partial charge is 0.383 e. The van der Waals surface area contributed by atoms with Crippen LogP contribution >= 0.6 is 11.6 Å². The lowest BCUT2D eigenvalue weighted by molar-refractivity contribution is 0.0828. The van der Waals surface area contributed by atoms with E-state index in [2.05, 4.69) is 60.0 Å². The van der Waals surface area contributed by atoms with Gasteiger partial charge in [0.25, 0.3) is 0 Å². The summed E-state index contributed by atoms with van der Waals surface area (Å²) in [5.41, 5.74) is 12.2. The van der Waals surface area contributed by atoms with Crippen molar-refractivity contribution in [2.75, 3.05) is 44.3 Å². The van der Waals surface area contributed by atoms with Crippen molar-refractivity contribution in [1.82, 2.24) is 34.3 Å². The molecule has 1 saturated heterocycles. The van der Waals surface area contributed by atoms with Gasteiger partial charge in [-0.15, -0.1) is 0 Å². The molecular weight excluding hydrogens is 546 g/mol. The van der Waals surface area contributed by atoms with E-state index in [0.29, 0.717) is 28.9 Å².